The molecule has 0 aromatic carbocycles. The van der Waals surface area contributed by atoms with Gasteiger partial charge in [-0.2, -0.15) is 0 Å². The molecule has 0 unspecified atom stereocenters. The molecule has 0 aliphatic rings. The molecule has 20 heavy (non-hydrogen) atoms. The Morgan fingerprint density at radius 2 is 1.95 bits per heavy atom. The molecule has 0 radical (unpaired) electrons. The molecule has 0 rings (SSSR count). The van der Waals surface area contributed by atoms with Crippen molar-refractivity contribution in [2.24, 2.45) is 5.73 Å². The van der Waals surface area contributed by atoms with Gasteiger partial charge in [0.05, 0.1) is 6.61 Å². The number of ether oxygens (including phenoxy) is 1. The number of primary amides is 1. The first kappa shape index (κ1) is 18.3. The molecule has 0 aromatic rings. The topological polar surface area (TPSA) is 92.9 Å². The third-order valence-corrected chi connectivity index (χ3v) is 2.55. The van der Waals surface area contributed by atoms with E-state index in [0.29, 0.717) is 17.6 Å². The van der Waals surface area contributed by atoms with Crippen molar-refractivity contribution >= 4 is 11.9 Å². The molecule has 0 atom stereocenters. The minimum absolute atomic E-state index is 0.0424. The lowest BCUT2D eigenvalue weighted by Crippen LogP contribution is -2.17. The van der Waals surface area contributed by atoms with Gasteiger partial charge in [0.1, 0.15) is 6.61 Å². The number of aliphatic hydroxyl groups excluding tert-OH is 1. The van der Waals surface area contributed by atoms with E-state index < -0.39 is 11.9 Å². The number of carbonyl (C=O) groups is 2. The van der Waals surface area contributed by atoms with Crippen LogP contribution in [0.5, 0.6) is 0 Å². The van der Waals surface area contributed by atoms with Crippen molar-refractivity contribution in [2.75, 3.05) is 33.9 Å². The summed E-state index contributed by atoms with van der Waals surface area (Å²) in [5, 5.41) is 8.56. The van der Waals surface area contributed by atoms with E-state index in [0.717, 1.165) is 13.0 Å². The molecule has 0 heterocycles. The zero-order valence-corrected chi connectivity index (χ0v) is 12.4. The van der Waals surface area contributed by atoms with E-state index in [4.69, 9.17) is 15.6 Å². The molecule has 114 valence electrons. The summed E-state index contributed by atoms with van der Waals surface area (Å²) in [6, 6.07) is 0. The molecule has 0 fully saturated rings. The van der Waals surface area contributed by atoms with Gasteiger partial charge in [0.15, 0.2) is 0 Å². The first-order chi connectivity index (χ1) is 9.38. The number of aliphatic hydroxyl groups is 1. The second kappa shape index (κ2) is 10.2. The predicted octanol–water partition coefficient (Wildman–Crippen LogP) is 0.222. The fourth-order valence-electron chi connectivity index (χ4n) is 1.42. The van der Waals surface area contributed by atoms with Gasteiger partial charge in [-0.15, -0.1) is 0 Å². The molecule has 1 amide bonds. The molecule has 3 N–H and O–H groups in total. The van der Waals surface area contributed by atoms with E-state index >= 15 is 0 Å². The third-order valence-electron chi connectivity index (χ3n) is 2.55. The van der Waals surface area contributed by atoms with E-state index in [-0.39, 0.29) is 13.2 Å². The number of allylic oxidation sites excluding steroid dienone is 2. The largest absolute Gasteiger partial charge is 0.460 e. The molecule has 0 spiro atoms. The van der Waals surface area contributed by atoms with Gasteiger partial charge in [0, 0.05) is 11.1 Å². The molecular weight excluding hydrogens is 260 g/mol. The summed E-state index contributed by atoms with van der Waals surface area (Å²) in [7, 11) is 3.91. The average Bonchev–Trinajstić information content (AvgIpc) is 2.38. The molecule has 0 bridgehead atoms. The number of rotatable bonds is 9. The van der Waals surface area contributed by atoms with Crippen LogP contribution in [-0.4, -0.2) is 55.7 Å². The monoisotopic (exact) mass is 284 g/mol. The fourth-order valence-corrected chi connectivity index (χ4v) is 1.42. The summed E-state index contributed by atoms with van der Waals surface area (Å²) >= 11 is 0. The smallest absolute Gasteiger partial charge is 0.333 e. The number of nitrogens with zero attached hydrogens (tertiary/aromatic N) is 1. The SMILES string of the molecule is C/C(=C\C=C(/CCCN(C)C)C(N)=O)C(=O)OCCO. The number of amides is 1. The van der Waals surface area contributed by atoms with Crippen LogP contribution in [0.2, 0.25) is 0 Å². The Morgan fingerprint density at radius 1 is 1.30 bits per heavy atom. The molecular formula is C14H24N2O4. The Bertz CT molecular complexity index is 387. The van der Waals surface area contributed by atoms with Gasteiger partial charge in [-0.1, -0.05) is 12.2 Å². The highest BCUT2D eigenvalue weighted by molar-refractivity contribution is 5.93. The molecule has 0 saturated heterocycles. The summed E-state index contributed by atoms with van der Waals surface area (Å²) in [5.74, 6) is -1.01. The summed E-state index contributed by atoms with van der Waals surface area (Å²) in [6.45, 7) is 2.17. The molecule has 0 aromatic heterocycles. The zero-order valence-electron chi connectivity index (χ0n) is 12.4. The molecule has 6 nitrogen and oxygen atoms in total. The van der Waals surface area contributed by atoms with Crippen LogP contribution in [0.25, 0.3) is 0 Å². The highest BCUT2D eigenvalue weighted by Crippen LogP contribution is 2.07. The first-order valence-electron chi connectivity index (χ1n) is 6.48. The number of esters is 1. The van der Waals surface area contributed by atoms with E-state index in [1.165, 1.54) is 6.08 Å². The van der Waals surface area contributed by atoms with Crippen LogP contribution in [0, 0.1) is 0 Å². The van der Waals surface area contributed by atoms with Crippen molar-refractivity contribution in [3.05, 3.63) is 23.3 Å². The fraction of sp³-hybridized carbons (Fsp3) is 0.571. The van der Waals surface area contributed by atoms with E-state index in [1.807, 2.05) is 19.0 Å². The van der Waals surface area contributed by atoms with Crippen LogP contribution in [0.1, 0.15) is 19.8 Å². The van der Waals surface area contributed by atoms with Crippen molar-refractivity contribution in [3.8, 4) is 0 Å². The van der Waals surface area contributed by atoms with Gasteiger partial charge in [-0.25, -0.2) is 4.79 Å². The maximum absolute atomic E-state index is 11.4. The van der Waals surface area contributed by atoms with Gasteiger partial charge in [-0.3, -0.25) is 4.79 Å². The number of hydrogen-bond acceptors (Lipinski definition) is 5. The van der Waals surface area contributed by atoms with Crippen LogP contribution in [0.4, 0.5) is 0 Å². The number of hydrogen-bond donors (Lipinski definition) is 2. The van der Waals surface area contributed by atoms with Gasteiger partial charge < -0.3 is 20.5 Å². The quantitative estimate of drug-likeness (QED) is 0.359. The van der Waals surface area contributed by atoms with Crippen LogP contribution in [-0.2, 0) is 14.3 Å². The second-order valence-electron chi connectivity index (χ2n) is 4.67. The number of nitrogens with two attached hydrogens (primary N) is 1. The van der Waals surface area contributed by atoms with Crippen molar-refractivity contribution in [1.29, 1.82) is 0 Å². The number of carbonyl (C=O) groups excluding carboxylic acids is 2. The maximum Gasteiger partial charge on any atom is 0.333 e. The zero-order chi connectivity index (χ0) is 15.5. The molecule has 0 saturated carbocycles. The second-order valence-corrected chi connectivity index (χ2v) is 4.67. The minimum Gasteiger partial charge on any atom is -0.460 e. The summed E-state index contributed by atoms with van der Waals surface area (Å²) in [5.41, 5.74) is 6.12. The van der Waals surface area contributed by atoms with E-state index in [1.54, 1.807) is 13.0 Å². The first-order valence-corrected chi connectivity index (χ1v) is 6.48. The van der Waals surface area contributed by atoms with Crippen LogP contribution >= 0.6 is 0 Å². The summed E-state index contributed by atoms with van der Waals surface area (Å²) in [6.07, 6.45) is 4.43. The summed E-state index contributed by atoms with van der Waals surface area (Å²) < 4.78 is 4.75. The van der Waals surface area contributed by atoms with Gasteiger partial charge >= 0.3 is 5.97 Å². The molecule has 0 aliphatic heterocycles. The van der Waals surface area contributed by atoms with Crippen LogP contribution in [0.15, 0.2) is 23.3 Å². The average molecular weight is 284 g/mol. The normalized spacial score (nSPS) is 12.7. The van der Waals surface area contributed by atoms with Crippen LogP contribution in [0.3, 0.4) is 0 Å². The minimum atomic E-state index is -0.521. The van der Waals surface area contributed by atoms with Gasteiger partial charge in [-0.05, 0) is 40.4 Å². The van der Waals surface area contributed by atoms with E-state index in [9.17, 15) is 9.59 Å². The van der Waals surface area contributed by atoms with Crippen molar-refractivity contribution in [1.82, 2.24) is 4.90 Å². The summed E-state index contributed by atoms with van der Waals surface area (Å²) in [4.78, 5) is 24.7. The lowest BCUT2D eigenvalue weighted by atomic mass is 10.1. The molecule has 6 heteroatoms. The highest BCUT2D eigenvalue weighted by atomic mass is 16.5. The van der Waals surface area contributed by atoms with Gasteiger partial charge in [0.25, 0.3) is 0 Å². The Kier molecular flexibility index (Phi) is 9.32. The van der Waals surface area contributed by atoms with Crippen LogP contribution < -0.4 is 5.73 Å². The van der Waals surface area contributed by atoms with Gasteiger partial charge in [0.2, 0.25) is 5.91 Å². The predicted molar refractivity (Wildman–Crippen MR) is 76.9 cm³/mol. The Hall–Kier alpha value is -1.66. The Morgan fingerprint density at radius 3 is 2.45 bits per heavy atom. The van der Waals surface area contributed by atoms with Crippen molar-refractivity contribution in [3.63, 3.8) is 0 Å². The molecule has 0 aliphatic carbocycles. The highest BCUT2D eigenvalue weighted by Gasteiger charge is 2.07. The van der Waals surface area contributed by atoms with E-state index in [2.05, 4.69) is 0 Å². The lowest BCUT2D eigenvalue weighted by Gasteiger charge is -2.09. The van der Waals surface area contributed by atoms with Crippen molar-refractivity contribution in [2.45, 2.75) is 19.8 Å². The Labute approximate surface area is 119 Å². The Balaban J connectivity index is 4.59. The third kappa shape index (κ3) is 8.44. The standard InChI is InChI=1S/C14H24N2O4/c1-11(14(19)20-10-9-17)6-7-12(13(15)18)5-4-8-16(2)3/h6-7,17H,4-5,8-10H2,1-3H3,(H2,15,18)/b11-6+,12-7+. The maximum atomic E-state index is 11.4. The lowest BCUT2D eigenvalue weighted by molar-refractivity contribution is -0.139. The van der Waals surface area contributed by atoms with Crippen molar-refractivity contribution < 1.29 is 19.4 Å².